The highest BCUT2D eigenvalue weighted by atomic mass is 16.7. The van der Waals surface area contributed by atoms with Crippen molar-refractivity contribution in [2.75, 3.05) is 13.2 Å². The van der Waals surface area contributed by atoms with E-state index in [-0.39, 0.29) is 5.69 Å². The monoisotopic (exact) mass is 276 g/mol. The van der Waals surface area contributed by atoms with Gasteiger partial charge in [-0.15, -0.1) is 0 Å². The largest absolute Gasteiger partial charge is 0.342 e. The second-order valence-corrected chi connectivity index (χ2v) is 4.35. The van der Waals surface area contributed by atoms with Gasteiger partial charge in [0.1, 0.15) is 19.2 Å². The third-order valence-corrected chi connectivity index (χ3v) is 3.11. The average Bonchev–Trinajstić information content (AvgIpc) is 3.12. The van der Waals surface area contributed by atoms with E-state index >= 15 is 0 Å². The molecule has 0 unspecified atom stereocenters. The molecule has 0 atom stereocenters. The number of aromatic nitrogens is 3. The molecule has 0 N–H and O–H groups in total. The first kappa shape index (κ1) is 12.7. The highest BCUT2D eigenvalue weighted by Gasteiger charge is 2.39. The van der Waals surface area contributed by atoms with Crippen molar-refractivity contribution < 1.29 is 14.4 Å². The van der Waals surface area contributed by atoms with E-state index in [1.165, 1.54) is 18.5 Å². The zero-order valence-corrected chi connectivity index (χ0v) is 10.5. The van der Waals surface area contributed by atoms with Gasteiger partial charge in [0.2, 0.25) is 5.79 Å². The fourth-order valence-electron chi connectivity index (χ4n) is 2.17. The minimum atomic E-state index is -0.969. The number of nitro benzene ring substituents is 1. The van der Waals surface area contributed by atoms with E-state index in [0.717, 1.165) is 5.56 Å². The van der Waals surface area contributed by atoms with E-state index in [2.05, 4.69) is 10.1 Å². The number of non-ortho nitro benzene ring substituents is 1. The third-order valence-electron chi connectivity index (χ3n) is 3.11. The number of hydrogen-bond acceptors (Lipinski definition) is 6. The molecule has 1 saturated heterocycles. The molecule has 0 saturated carbocycles. The molecule has 1 aliphatic heterocycles. The van der Waals surface area contributed by atoms with Gasteiger partial charge in [-0.25, -0.2) is 9.67 Å². The fourth-order valence-corrected chi connectivity index (χ4v) is 2.17. The number of nitro groups is 1. The van der Waals surface area contributed by atoms with Gasteiger partial charge in [0.05, 0.1) is 18.1 Å². The maximum atomic E-state index is 10.7. The third kappa shape index (κ3) is 2.26. The highest BCUT2D eigenvalue weighted by molar-refractivity contribution is 5.35. The van der Waals surface area contributed by atoms with E-state index in [0.29, 0.717) is 19.8 Å². The normalized spacial score (nSPS) is 17.2. The van der Waals surface area contributed by atoms with E-state index in [1.807, 2.05) is 0 Å². The predicted molar refractivity (Wildman–Crippen MR) is 66.7 cm³/mol. The first-order valence-electron chi connectivity index (χ1n) is 6.05. The maximum Gasteiger partial charge on any atom is 0.269 e. The first-order chi connectivity index (χ1) is 9.70. The molecule has 1 aromatic carbocycles. The van der Waals surface area contributed by atoms with Crippen LogP contribution in [-0.2, 0) is 21.8 Å². The molecule has 2 heterocycles. The van der Waals surface area contributed by atoms with Gasteiger partial charge in [0.15, 0.2) is 0 Å². The van der Waals surface area contributed by atoms with Crippen LogP contribution < -0.4 is 0 Å². The Morgan fingerprint density at radius 3 is 2.55 bits per heavy atom. The van der Waals surface area contributed by atoms with Crippen molar-refractivity contribution in [1.82, 2.24) is 14.8 Å². The second kappa shape index (κ2) is 4.99. The standard InChI is InChI=1S/C12H12N4O4/c17-16(18)11-3-1-10(2-4-11)12(19-5-6-20-12)7-15-9-13-8-14-15/h1-4,8-9H,5-7H2. The van der Waals surface area contributed by atoms with Crippen LogP contribution in [0.1, 0.15) is 5.56 Å². The van der Waals surface area contributed by atoms with E-state index < -0.39 is 10.7 Å². The molecule has 2 aromatic rings. The number of nitrogens with zero attached hydrogens (tertiary/aromatic N) is 4. The molecule has 0 spiro atoms. The summed E-state index contributed by atoms with van der Waals surface area (Å²) in [5, 5.41) is 14.7. The van der Waals surface area contributed by atoms with E-state index in [9.17, 15) is 10.1 Å². The molecule has 0 radical (unpaired) electrons. The Labute approximate surface area is 114 Å². The Bertz CT molecular complexity index is 590. The second-order valence-electron chi connectivity index (χ2n) is 4.35. The first-order valence-corrected chi connectivity index (χ1v) is 6.05. The molecule has 3 rings (SSSR count). The van der Waals surface area contributed by atoms with E-state index in [1.54, 1.807) is 23.1 Å². The van der Waals surface area contributed by atoms with Crippen molar-refractivity contribution in [3.05, 3.63) is 52.6 Å². The summed E-state index contributed by atoms with van der Waals surface area (Å²) in [7, 11) is 0. The van der Waals surface area contributed by atoms with Crippen molar-refractivity contribution in [1.29, 1.82) is 0 Å². The van der Waals surface area contributed by atoms with Crippen LogP contribution in [0.5, 0.6) is 0 Å². The Kier molecular flexibility index (Phi) is 3.17. The highest BCUT2D eigenvalue weighted by Crippen LogP contribution is 2.33. The molecule has 0 bridgehead atoms. The summed E-state index contributed by atoms with van der Waals surface area (Å²) in [6.45, 7) is 1.27. The van der Waals surface area contributed by atoms with Gasteiger partial charge in [-0.2, -0.15) is 5.10 Å². The van der Waals surface area contributed by atoms with Crippen LogP contribution in [0.2, 0.25) is 0 Å². The van der Waals surface area contributed by atoms with Crippen LogP contribution in [0, 0.1) is 10.1 Å². The molecule has 1 aromatic heterocycles. The Morgan fingerprint density at radius 2 is 2.00 bits per heavy atom. The summed E-state index contributed by atoms with van der Waals surface area (Å²) < 4.78 is 13.0. The smallest absolute Gasteiger partial charge is 0.269 e. The Balaban J connectivity index is 1.91. The lowest BCUT2D eigenvalue weighted by Crippen LogP contribution is -2.33. The topological polar surface area (TPSA) is 92.3 Å². The lowest BCUT2D eigenvalue weighted by molar-refractivity contribution is -0.384. The average molecular weight is 276 g/mol. The van der Waals surface area contributed by atoms with Crippen LogP contribution in [0.4, 0.5) is 5.69 Å². The lowest BCUT2D eigenvalue weighted by atomic mass is 10.1. The zero-order valence-electron chi connectivity index (χ0n) is 10.5. The Morgan fingerprint density at radius 1 is 1.30 bits per heavy atom. The van der Waals surface area contributed by atoms with Gasteiger partial charge >= 0.3 is 0 Å². The summed E-state index contributed by atoms with van der Waals surface area (Å²) in [5.74, 6) is -0.969. The molecular weight excluding hydrogens is 264 g/mol. The van der Waals surface area contributed by atoms with Gasteiger partial charge in [-0.1, -0.05) is 0 Å². The van der Waals surface area contributed by atoms with Crippen molar-refractivity contribution in [3.8, 4) is 0 Å². The molecule has 0 amide bonds. The van der Waals surface area contributed by atoms with Gasteiger partial charge in [0.25, 0.3) is 5.69 Å². The predicted octanol–water partition coefficient (Wildman–Crippen LogP) is 1.09. The van der Waals surface area contributed by atoms with Crippen molar-refractivity contribution in [2.24, 2.45) is 0 Å². The van der Waals surface area contributed by atoms with E-state index in [4.69, 9.17) is 9.47 Å². The van der Waals surface area contributed by atoms with Crippen LogP contribution in [0.25, 0.3) is 0 Å². The minimum absolute atomic E-state index is 0.0302. The summed E-state index contributed by atoms with van der Waals surface area (Å²) in [6, 6.07) is 6.15. The zero-order chi connectivity index (χ0) is 14.0. The quantitative estimate of drug-likeness (QED) is 0.613. The number of rotatable bonds is 4. The maximum absolute atomic E-state index is 10.7. The number of benzene rings is 1. The van der Waals surface area contributed by atoms with Crippen LogP contribution in [0.3, 0.4) is 0 Å². The molecular formula is C12H12N4O4. The van der Waals surface area contributed by atoms with Crippen LogP contribution in [0.15, 0.2) is 36.9 Å². The van der Waals surface area contributed by atoms with Gasteiger partial charge in [0, 0.05) is 17.7 Å². The lowest BCUT2D eigenvalue weighted by Gasteiger charge is -2.27. The number of ether oxygens (including phenoxy) is 2. The summed E-state index contributed by atoms with van der Waals surface area (Å²) in [4.78, 5) is 14.1. The van der Waals surface area contributed by atoms with Crippen molar-refractivity contribution in [2.45, 2.75) is 12.3 Å². The summed E-state index contributed by atoms with van der Waals surface area (Å²) >= 11 is 0. The molecule has 1 aliphatic rings. The summed E-state index contributed by atoms with van der Waals surface area (Å²) in [5.41, 5.74) is 0.749. The SMILES string of the molecule is O=[N+]([O-])c1ccc(C2(Cn3cncn3)OCCO2)cc1. The van der Waals surface area contributed by atoms with Gasteiger partial charge in [-0.05, 0) is 12.1 Å². The molecule has 20 heavy (non-hydrogen) atoms. The van der Waals surface area contributed by atoms with Crippen LogP contribution in [-0.4, -0.2) is 32.9 Å². The molecule has 104 valence electrons. The summed E-state index contributed by atoms with van der Waals surface area (Å²) in [6.07, 6.45) is 3.00. The minimum Gasteiger partial charge on any atom is -0.342 e. The van der Waals surface area contributed by atoms with Crippen molar-refractivity contribution >= 4 is 5.69 Å². The van der Waals surface area contributed by atoms with Crippen LogP contribution >= 0.6 is 0 Å². The Hall–Kier alpha value is -2.32. The van der Waals surface area contributed by atoms with Crippen molar-refractivity contribution in [3.63, 3.8) is 0 Å². The molecule has 8 heteroatoms. The molecule has 1 fully saturated rings. The molecule has 8 nitrogen and oxygen atoms in total. The fraction of sp³-hybridized carbons (Fsp3) is 0.333. The van der Waals surface area contributed by atoms with Gasteiger partial charge in [-0.3, -0.25) is 10.1 Å². The van der Waals surface area contributed by atoms with Gasteiger partial charge < -0.3 is 9.47 Å². The number of hydrogen-bond donors (Lipinski definition) is 0. The molecule has 0 aliphatic carbocycles.